The summed E-state index contributed by atoms with van der Waals surface area (Å²) in [6.45, 7) is -3.33. The molecule has 0 aromatic carbocycles. The summed E-state index contributed by atoms with van der Waals surface area (Å²) in [5.41, 5.74) is 0. The summed E-state index contributed by atoms with van der Waals surface area (Å²) in [6, 6.07) is 0. The van der Waals surface area contributed by atoms with E-state index < -0.39 is 85.7 Å². The van der Waals surface area contributed by atoms with E-state index in [1.54, 1.807) is 0 Å². The summed E-state index contributed by atoms with van der Waals surface area (Å²) >= 11 is 0. The van der Waals surface area contributed by atoms with Crippen LogP contribution in [0.15, 0.2) is 12.4 Å². The van der Waals surface area contributed by atoms with E-state index in [1.165, 1.54) is 0 Å². The second-order valence-corrected chi connectivity index (χ2v) is 7.09. The zero-order chi connectivity index (χ0) is 30.2. The number of ether oxygens (including phenoxy) is 2. The first-order valence-corrected chi connectivity index (χ1v) is 9.14. The first-order chi connectivity index (χ1) is 16.7. The van der Waals surface area contributed by atoms with E-state index in [4.69, 9.17) is 0 Å². The van der Waals surface area contributed by atoms with Crippen LogP contribution in [0, 0.1) is 0 Å². The van der Waals surface area contributed by atoms with Crippen molar-refractivity contribution in [3.8, 4) is 11.8 Å². The Morgan fingerprint density at radius 3 is 0.921 bits per heavy atom. The maximum atomic E-state index is 13.4. The highest BCUT2D eigenvalue weighted by Gasteiger charge is 2.82. The van der Waals surface area contributed by atoms with E-state index >= 15 is 0 Å². The lowest BCUT2D eigenvalue weighted by atomic mass is 10.0. The van der Waals surface area contributed by atoms with Crippen molar-refractivity contribution in [2.24, 2.45) is 0 Å². The molecule has 0 aliphatic carbocycles. The van der Waals surface area contributed by atoms with Gasteiger partial charge in [0.25, 0.3) is 0 Å². The maximum absolute atomic E-state index is 13.4. The van der Waals surface area contributed by atoms with Crippen molar-refractivity contribution in [3.05, 3.63) is 12.4 Å². The average Bonchev–Trinajstić information content (AvgIpc) is 2.72. The van der Waals surface area contributed by atoms with E-state index in [1.807, 2.05) is 0 Å². The summed E-state index contributed by atoms with van der Waals surface area (Å²) in [5.74, 6) is -41.9. The summed E-state index contributed by atoms with van der Waals surface area (Å²) < 4.78 is 238. The van der Waals surface area contributed by atoms with Crippen LogP contribution >= 0.6 is 0 Å². The first-order valence-electron chi connectivity index (χ1n) is 9.14. The lowest BCUT2D eigenvalue weighted by Crippen LogP contribution is -2.61. The molecule has 0 bridgehead atoms. The lowest BCUT2D eigenvalue weighted by molar-refractivity contribution is -0.397. The third kappa shape index (κ3) is 6.18. The van der Waals surface area contributed by atoms with Crippen molar-refractivity contribution in [1.82, 2.24) is 9.97 Å². The number of nitrogens with zero attached hydrogens (tertiary/aromatic N) is 2. The zero-order valence-corrected chi connectivity index (χ0v) is 17.5. The monoisotopic (exact) mass is 604 g/mol. The van der Waals surface area contributed by atoms with E-state index in [9.17, 15) is 79.0 Å². The summed E-state index contributed by atoms with van der Waals surface area (Å²) in [6.07, 6.45) is -18.3. The van der Waals surface area contributed by atoms with Gasteiger partial charge < -0.3 is 9.47 Å². The number of hydrogen-bond acceptors (Lipinski definition) is 4. The Morgan fingerprint density at radius 2 is 0.711 bits per heavy atom. The minimum absolute atomic E-state index is 0.320. The molecule has 222 valence electrons. The van der Waals surface area contributed by atoms with E-state index in [2.05, 4.69) is 19.4 Å². The molecule has 0 aliphatic rings. The molecule has 0 atom stereocenters. The van der Waals surface area contributed by atoms with Gasteiger partial charge in [-0.3, -0.25) is 0 Å². The van der Waals surface area contributed by atoms with E-state index in [0.717, 1.165) is 0 Å². The molecule has 1 aromatic rings. The van der Waals surface area contributed by atoms with E-state index in [0.29, 0.717) is 12.4 Å². The molecule has 0 aliphatic heterocycles. The molecule has 0 spiro atoms. The largest absolute Gasteiger partial charge is 0.476 e. The van der Waals surface area contributed by atoms with Crippen molar-refractivity contribution < 1.29 is 88.5 Å². The molecule has 0 radical (unpaired) electrons. The zero-order valence-electron chi connectivity index (χ0n) is 17.5. The number of aromatic nitrogens is 2. The van der Waals surface area contributed by atoms with Crippen LogP contribution in [0.2, 0.25) is 0 Å². The molecule has 0 saturated carbocycles. The lowest BCUT2D eigenvalue weighted by Gasteiger charge is -2.33. The Hall–Kier alpha value is -2.58. The SMILES string of the molecule is FC(F)(F)C(F)(F)C(F)(F)C(F)(F)CCOc1cnc(OCCC(F)(F)C(F)(F)C(F)(F)C(F)(F)F)cn1. The van der Waals surface area contributed by atoms with Crippen molar-refractivity contribution in [2.45, 2.75) is 60.7 Å². The van der Waals surface area contributed by atoms with Crippen LogP contribution in [0.3, 0.4) is 0 Å². The number of rotatable bonds is 12. The molecule has 0 saturated heterocycles. The Balaban J connectivity index is 2.73. The molecule has 1 aromatic heterocycles. The molecule has 22 heteroatoms. The van der Waals surface area contributed by atoms with Crippen molar-refractivity contribution in [1.29, 1.82) is 0 Å². The third-order valence-electron chi connectivity index (χ3n) is 4.36. The minimum Gasteiger partial charge on any atom is -0.476 e. The Kier molecular flexibility index (Phi) is 8.97. The highest BCUT2D eigenvalue weighted by atomic mass is 19.4. The summed E-state index contributed by atoms with van der Waals surface area (Å²) in [5, 5.41) is 0. The van der Waals surface area contributed by atoms with Crippen LogP contribution in [0.25, 0.3) is 0 Å². The second kappa shape index (κ2) is 10.2. The highest BCUT2D eigenvalue weighted by molar-refractivity contribution is 5.11. The van der Waals surface area contributed by atoms with Gasteiger partial charge in [0.15, 0.2) is 0 Å². The third-order valence-corrected chi connectivity index (χ3v) is 4.36. The van der Waals surface area contributed by atoms with Gasteiger partial charge in [-0.15, -0.1) is 0 Å². The van der Waals surface area contributed by atoms with Gasteiger partial charge in [0.2, 0.25) is 11.8 Å². The van der Waals surface area contributed by atoms with Crippen LogP contribution in [-0.4, -0.2) is 71.1 Å². The van der Waals surface area contributed by atoms with Crippen molar-refractivity contribution in [2.75, 3.05) is 13.2 Å². The van der Waals surface area contributed by atoms with Gasteiger partial charge in [0, 0.05) is 0 Å². The van der Waals surface area contributed by atoms with Crippen LogP contribution < -0.4 is 9.47 Å². The molecule has 0 fully saturated rings. The Labute approximate surface area is 197 Å². The molecule has 4 nitrogen and oxygen atoms in total. The predicted octanol–water partition coefficient (Wildman–Crippen LogP) is 6.95. The average molecular weight is 604 g/mol. The Bertz CT molecular complexity index is 851. The molecule has 38 heavy (non-hydrogen) atoms. The molecular formula is C16H10F18N2O2. The van der Waals surface area contributed by atoms with Gasteiger partial charge in [0.05, 0.1) is 38.4 Å². The van der Waals surface area contributed by atoms with E-state index in [-0.39, 0.29) is 0 Å². The van der Waals surface area contributed by atoms with Gasteiger partial charge in [-0.05, 0) is 0 Å². The van der Waals surface area contributed by atoms with Gasteiger partial charge in [-0.1, -0.05) is 0 Å². The van der Waals surface area contributed by atoms with Crippen molar-refractivity contribution >= 4 is 0 Å². The topological polar surface area (TPSA) is 44.2 Å². The quantitative estimate of drug-likeness (QED) is 0.243. The van der Waals surface area contributed by atoms with Gasteiger partial charge in [0.1, 0.15) is 0 Å². The second-order valence-electron chi connectivity index (χ2n) is 7.09. The maximum Gasteiger partial charge on any atom is 0.460 e. The highest BCUT2D eigenvalue weighted by Crippen LogP contribution is 2.55. The smallest absolute Gasteiger partial charge is 0.460 e. The first kappa shape index (κ1) is 33.4. The number of hydrogen-bond donors (Lipinski definition) is 0. The van der Waals surface area contributed by atoms with Crippen LogP contribution in [0.1, 0.15) is 12.8 Å². The molecule has 1 heterocycles. The van der Waals surface area contributed by atoms with Gasteiger partial charge in [-0.25, -0.2) is 9.97 Å². The normalized spacial score (nSPS) is 15.0. The van der Waals surface area contributed by atoms with Crippen LogP contribution in [-0.2, 0) is 0 Å². The van der Waals surface area contributed by atoms with Gasteiger partial charge >= 0.3 is 47.9 Å². The fraction of sp³-hybridized carbons (Fsp3) is 0.750. The van der Waals surface area contributed by atoms with Crippen LogP contribution in [0.5, 0.6) is 11.8 Å². The molecule has 1 rings (SSSR count). The number of halogens is 18. The molecule has 0 amide bonds. The Morgan fingerprint density at radius 1 is 0.447 bits per heavy atom. The minimum atomic E-state index is -7.13. The summed E-state index contributed by atoms with van der Waals surface area (Å²) in [4.78, 5) is 6.22. The molecular weight excluding hydrogens is 594 g/mol. The number of alkyl halides is 18. The van der Waals surface area contributed by atoms with Gasteiger partial charge in [-0.2, -0.15) is 79.0 Å². The summed E-state index contributed by atoms with van der Waals surface area (Å²) in [7, 11) is 0. The molecule has 0 N–H and O–H groups in total. The fourth-order valence-electron chi connectivity index (χ4n) is 2.15. The predicted molar refractivity (Wildman–Crippen MR) is 84.0 cm³/mol. The van der Waals surface area contributed by atoms with Crippen molar-refractivity contribution in [3.63, 3.8) is 0 Å². The fourth-order valence-corrected chi connectivity index (χ4v) is 2.15. The standard InChI is InChI=1S/C16H10F18N2O2/c17-9(18,11(21,22)13(25,26)15(29,30)31)1-3-37-7-5-36-8(6-35-7)38-4-2-10(19,20)12(23,24)14(27,28)16(32,33)34/h5-6H,1-4H2. The van der Waals surface area contributed by atoms with Crippen LogP contribution in [0.4, 0.5) is 79.0 Å². The molecule has 0 unspecified atom stereocenters.